The van der Waals surface area contributed by atoms with Gasteiger partial charge in [0, 0.05) is 18.6 Å². The highest BCUT2D eigenvalue weighted by Crippen LogP contribution is 2.60. The first-order valence-corrected chi connectivity index (χ1v) is 4.67. The van der Waals surface area contributed by atoms with E-state index in [2.05, 4.69) is 11.9 Å². The number of nitrogens with two attached hydrogens (primary N) is 1. The third-order valence-electron chi connectivity index (χ3n) is 4.04. The zero-order chi connectivity index (χ0) is 7.64. The first-order valence-electron chi connectivity index (χ1n) is 4.67. The Kier molecular flexibility index (Phi) is 0.961. The van der Waals surface area contributed by atoms with E-state index in [1.165, 1.54) is 19.4 Å². The molecule has 0 aromatic heterocycles. The Hall–Kier alpha value is -0.0800. The van der Waals surface area contributed by atoms with Crippen molar-refractivity contribution >= 4 is 0 Å². The number of rotatable bonds is 0. The van der Waals surface area contributed by atoms with E-state index < -0.39 is 0 Å². The van der Waals surface area contributed by atoms with Crippen LogP contribution < -0.4 is 5.73 Å². The molecular formula is C9H16N2. The highest BCUT2D eigenvalue weighted by Gasteiger charge is 2.63. The van der Waals surface area contributed by atoms with Gasteiger partial charge in [0.05, 0.1) is 0 Å². The van der Waals surface area contributed by atoms with Gasteiger partial charge in [-0.2, -0.15) is 0 Å². The molecule has 3 aliphatic rings. The van der Waals surface area contributed by atoms with Gasteiger partial charge >= 0.3 is 0 Å². The Morgan fingerprint density at radius 2 is 2.27 bits per heavy atom. The predicted octanol–water partition coefficient (Wildman–Crippen LogP) is 0.285. The van der Waals surface area contributed by atoms with Gasteiger partial charge in [-0.15, -0.1) is 0 Å². The predicted molar refractivity (Wildman–Crippen MR) is 44.1 cm³/mol. The molecule has 2 heteroatoms. The van der Waals surface area contributed by atoms with Gasteiger partial charge < -0.3 is 10.6 Å². The largest absolute Gasteiger partial charge is 0.323 e. The molecule has 3 fully saturated rings. The van der Waals surface area contributed by atoms with Crippen LogP contribution in [-0.2, 0) is 0 Å². The molecule has 0 spiro atoms. The van der Waals surface area contributed by atoms with Crippen LogP contribution in [0.1, 0.15) is 12.8 Å². The van der Waals surface area contributed by atoms with Crippen LogP contribution in [0.2, 0.25) is 0 Å². The maximum Gasteiger partial charge on any atom is 0.0355 e. The first-order chi connectivity index (χ1) is 5.20. The van der Waals surface area contributed by atoms with E-state index in [-0.39, 0.29) is 5.54 Å². The molecule has 0 bridgehead atoms. The lowest BCUT2D eigenvalue weighted by Crippen LogP contribution is -2.47. The second-order valence-electron chi connectivity index (χ2n) is 4.84. The summed E-state index contributed by atoms with van der Waals surface area (Å²) in [5, 5.41) is 0. The minimum Gasteiger partial charge on any atom is -0.323 e. The molecule has 2 nitrogen and oxygen atoms in total. The smallest absolute Gasteiger partial charge is 0.0355 e. The molecule has 1 saturated heterocycles. The van der Waals surface area contributed by atoms with Crippen molar-refractivity contribution in [3.63, 3.8) is 0 Å². The zero-order valence-electron chi connectivity index (χ0n) is 7.09. The zero-order valence-corrected chi connectivity index (χ0v) is 7.09. The third-order valence-corrected chi connectivity index (χ3v) is 4.04. The van der Waals surface area contributed by atoms with Gasteiger partial charge in [-0.05, 0) is 37.6 Å². The molecule has 1 heterocycles. The van der Waals surface area contributed by atoms with Gasteiger partial charge in [0.1, 0.15) is 0 Å². The van der Waals surface area contributed by atoms with Crippen molar-refractivity contribution in [2.75, 3.05) is 20.1 Å². The lowest BCUT2D eigenvalue weighted by molar-refractivity contribution is 0.332. The molecule has 11 heavy (non-hydrogen) atoms. The maximum absolute atomic E-state index is 6.40. The van der Waals surface area contributed by atoms with Gasteiger partial charge in [-0.25, -0.2) is 0 Å². The van der Waals surface area contributed by atoms with Gasteiger partial charge in [0.25, 0.3) is 0 Å². The van der Waals surface area contributed by atoms with Crippen molar-refractivity contribution in [3.05, 3.63) is 0 Å². The molecule has 3 rings (SSSR count). The summed E-state index contributed by atoms with van der Waals surface area (Å²) in [5.41, 5.74) is 6.63. The minimum atomic E-state index is 0.236. The van der Waals surface area contributed by atoms with E-state index in [9.17, 15) is 0 Å². The normalized spacial score (nSPS) is 61.1. The lowest BCUT2D eigenvalue weighted by atomic mass is 9.87. The molecule has 0 aromatic rings. The van der Waals surface area contributed by atoms with E-state index in [1.807, 2.05) is 0 Å². The van der Waals surface area contributed by atoms with Crippen LogP contribution in [0.15, 0.2) is 0 Å². The van der Waals surface area contributed by atoms with Crippen molar-refractivity contribution in [3.8, 4) is 0 Å². The summed E-state index contributed by atoms with van der Waals surface area (Å²) in [6, 6.07) is 0. The van der Waals surface area contributed by atoms with E-state index in [0.29, 0.717) is 0 Å². The Balaban J connectivity index is 1.92. The molecule has 0 amide bonds. The summed E-state index contributed by atoms with van der Waals surface area (Å²) in [4.78, 5) is 2.40. The summed E-state index contributed by atoms with van der Waals surface area (Å²) < 4.78 is 0. The van der Waals surface area contributed by atoms with Crippen LogP contribution in [0.4, 0.5) is 0 Å². The molecule has 2 N–H and O–H groups in total. The van der Waals surface area contributed by atoms with Crippen LogP contribution >= 0.6 is 0 Å². The maximum atomic E-state index is 6.40. The lowest BCUT2D eigenvalue weighted by Gasteiger charge is -2.25. The van der Waals surface area contributed by atoms with Gasteiger partial charge in [-0.1, -0.05) is 0 Å². The second kappa shape index (κ2) is 1.64. The summed E-state index contributed by atoms with van der Waals surface area (Å²) in [6.07, 6.45) is 2.85. The first kappa shape index (κ1) is 6.44. The van der Waals surface area contributed by atoms with Crippen LogP contribution in [0, 0.1) is 17.8 Å². The average molecular weight is 152 g/mol. The fraction of sp³-hybridized carbons (Fsp3) is 1.00. The number of hydrogen-bond donors (Lipinski definition) is 1. The number of nitrogens with zero attached hydrogens (tertiary/aromatic N) is 1. The van der Waals surface area contributed by atoms with E-state index in [0.717, 1.165) is 24.3 Å². The number of likely N-dealkylation sites (tertiary alicyclic amines) is 1. The Bertz CT molecular complexity index is 202. The van der Waals surface area contributed by atoms with Gasteiger partial charge in [-0.3, -0.25) is 0 Å². The summed E-state index contributed by atoms with van der Waals surface area (Å²) in [6.45, 7) is 2.41. The summed E-state index contributed by atoms with van der Waals surface area (Å²) in [5.74, 6) is 2.76. The third kappa shape index (κ3) is 0.651. The van der Waals surface area contributed by atoms with Crippen LogP contribution in [0.5, 0.6) is 0 Å². The molecule has 2 saturated carbocycles. The standard InChI is InChI=1S/C9H16N2/c1-11-4-7-2-6-3-8(6)9(7,10)5-11/h6-8H,2-5,10H2,1H3/t6-,7+,8+,9-/m1/s1. The fourth-order valence-electron chi connectivity index (χ4n) is 3.45. The van der Waals surface area contributed by atoms with Gasteiger partial charge in [0.2, 0.25) is 0 Å². The highest BCUT2D eigenvalue weighted by molar-refractivity contribution is 5.18. The van der Waals surface area contributed by atoms with Gasteiger partial charge in [0.15, 0.2) is 0 Å². The summed E-state index contributed by atoms with van der Waals surface area (Å²) in [7, 11) is 2.20. The minimum absolute atomic E-state index is 0.236. The molecule has 1 aliphatic heterocycles. The Labute approximate surface area is 67.7 Å². The Morgan fingerprint density at radius 3 is 3.00 bits per heavy atom. The molecular weight excluding hydrogens is 136 g/mol. The van der Waals surface area contributed by atoms with Crippen molar-refractivity contribution in [2.45, 2.75) is 18.4 Å². The topological polar surface area (TPSA) is 29.3 Å². The van der Waals surface area contributed by atoms with E-state index >= 15 is 0 Å². The fourth-order valence-corrected chi connectivity index (χ4v) is 3.45. The van der Waals surface area contributed by atoms with Crippen LogP contribution in [0.3, 0.4) is 0 Å². The summed E-state index contributed by atoms with van der Waals surface area (Å²) >= 11 is 0. The molecule has 2 aliphatic carbocycles. The van der Waals surface area contributed by atoms with Crippen molar-refractivity contribution in [1.82, 2.24) is 4.90 Å². The second-order valence-corrected chi connectivity index (χ2v) is 4.84. The number of likely N-dealkylation sites (N-methyl/N-ethyl adjacent to an activating group) is 1. The number of hydrogen-bond acceptors (Lipinski definition) is 2. The molecule has 0 aromatic carbocycles. The van der Waals surface area contributed by atoms with Crippen LogP contribution in [-0.4, -0.2) is 30.6 Å². The van der Waals surface area contributed by atoms with Crippen molar-refractivity contribution < 1.29 is 0 Å². The Morgan fingerprint density at radius 1 is 1.45 bits per heavy atom. The van der Waals surface area contributed by atoms with Crippen molar-refractivity contribution in [2.24, 2.45) is 23.5 Å². The molecule has 0 unspecified atom stereocenters. The van der Waals surface area contributed by atoms with E-state index in [1.54, 1.807) is 0 Å². The van der Waals surface area contributed by atoms with Crippen molar-refractivity contribution in [1.29, 1.82) is 0 Å². The quantitative estimate of drug-likeness (QED) is 0.540. The number of fused-ring (bicyclic) bond motifs is 3. The molecule has 62 valence electrons. The molecule has 0 radical (unpaired) electrons. The van der Waals surface area contributed by atoms with E-state index in [4.69, 9.17) is 5.73 Å². The highest BCUT2D eigenvalue weighted by atomic mass is 15.2. The molecule has 4 atom stereocenters. The average Bonchev–Trinajstić information content (AvgIpc) is 2.52. The SMILES string of the molecule is CN1C[C@@H]2C[C@@H]3C[C@@H]3[C@@]2(N)C1. The monoisotopic (exact) mass is 152 g/mol. The van der Waals surface area contributed by atoms with Crippen LogP contribution in [0.25, 0.3) is 0 Å².